The number of ether oxygens (including phenoxy) is 1. The highest BCUT2D eigenvalue weighted by Gasteiger charge is 2.27. The zero-order valence-electron chi connectivity index (χ0n) is 17.3. The van der Waals surface area contributed by atoms with Gasteiger partial charge in [-0.05, 0) is 24.5 Å². The van der Waals surface area contributed by atoms with Crippen molar-refractivity contribution >= 4 is 18.1 Å². The molecule has 4 rings (SSSR count). The maximum atomic E-state index is 12.7. The van der Waals surface area contributed by atoms with Gasteiger partial charge in [0.15, 0.2) is 0 Å². The molecule has 154 valence electrons. The van der Waals surface area contributed by atoms with Gasteiger partial charge < -0.3 is 19.4 Å². The van der Waals surface area contributed by atoms with Gasteiger partial charge >= 0.3 is 0 Å². The van der Waals surface area contributed by atoms with E-state index < -0.39 is 0 Å². The smallest absolute Gasteiger partial charge is 0.223 e. The second kappa shape index (κ2) is 8.68. The Kier molecular flexibility index (Phi) is 5.83. The number of hydrogen-bond donors (Lipinski definition) is 0. The number of piperazine rings is 1. The van der Waals surface area contributed by atoms with Crippen molar-refractivity contribution < 1.29 is 9.53 Å². The number of aryl methyl sites for hydroxylation is 1. The first-order chi connectivity index (χ1) is 14.2. The van der Waals surface area contributed by atoms with Gasteiger partial charge in [0.25, 0.3) is 0 Å². The predicted octanol–water partition coefficient (Wildman–Crippen LogP) is 2.15. The number of carbonyl (C=O) groups is 1. The Labute approximate surface area is 172 Å². The van der Waals surface area contributed by atoms with Crippen molar-refractivity contribution in [2.75, 3.05) is 39.8 Å². The molecule has 7 heteroatoms. The summed E-state index contributed by atoms with van der Waals surface area (Å²) in [6.07, 6.45) is 6.23. The maximum Gasteiger partial charge on any atom is 0.223 e. The van der Waals surface area contributed by atoms with E-state index in [1.54, 1.807) is 7.11 Å². The van der Waals surface area contributed by atoms with Gasteiger partial charge in [-0.1, -0.05) is 25.1 Å². The highest BCUT2D eigenvalue weighted by molar-refractivity contribution is 6.03. The third kappa shape index (κ3) is 4.28. The summed E-state index contributed by atoms with van der Waals surface area (Å²) in [5.74, 6) is 3.02. The molecule has 1 aromatic rings. The number of amides is 1. The average molecular weight is 396 g/mol. The van der Waals surface area contributed by atoms with Crippen LogP contribution in [-0.2, 0) is 11.2 Å². The Morgan fingerprint density at radius 1 is 1.21 bits per heavy atom. The number of para-hydroxylation sites is 1. The third-order valence-corrected chi connectivity index (χ3v) is 5.83. The highest BCUT2D eigenvalue weighted by atomic mass is 16.5. The fourth-order valence-corrected chi connectivity index (χ4v) is 4.02. The number of methoxy groups -OCH3 is 1. The first kappa shape index (κ1) is 19.5. The molecule has 0 bridgehead atoms. The SMILES string of the molecule is CCC1CN2C=NC(N3CCN(C(=O)CCc4ccccc4OC)CC3)=CC2=N1. The Morgan fingerprint density at radius 3 is 2.76 bits per heavy atom. The fourth-order valence-electron chi connectivity index (χ4n) is 4.02. The third-order valence-electron chi connectivity index (χ3n) is 5.83. The minimum Gasteiger partial charge on any atom is -0.496 e. The Morgan fingerprint density at radius 2 is 2.00 bits per heavy atom. The normalized spacial score (nSPS) is 21.0. The van der Waals surface area contributed by atoms with E-state index in [1.807, 2.05) is 35.5 Å². The molecular formula is C22H29N5O2. The van der Waals surface area contributed by atoms with Gasteiger partial charge in [0.1, 0.15) is 17.4 Å². The summed E-state index contributed by atoms with van der Waals surface area (Å²) in [6.45, 7) is 6.14. The summed E-state index contributed by atoms with van der Waals surface area (Å²) in [6, 6.07) is 8.26. The fraction of sp³-hybridized carbons (Fsp3) is 0.500. The van der Waals surface area contributed by atoms with Crippen molar-refractivity contribution in [3.05, 3.63) is 41.7 Å². The van der Waals surface area contributed by atoms with Crippen molar-refractivity contribution in [1.29, 1.82) is 0 Å². The van der Waals surface area contributed by atoms with Crippen LogP contribution < -0.4 is 4.74 Å². The van der Waals surface area contributed by atoms with Crippen molar-refractivity contribution in [1.82, 2.24) is 14.7 Å². The summed E-state index contributed by atoms with van der Waals surface area (Å²) < 4.78 is 5.38. The molecule has 1 amide bonds. The van der Waals surface area contributed by atoms with Crippen molar-refractivity contribution in [3.63, 3.8) is 0 Å². The molecule has 3 aliphatic heterocycles. The first-order valence-corrected chi connectivity index (χ1v) is 10.4. The molecule has 1 fully saturated rings. The molecule has 1 aromatic carbocycles. The van der Waals surface area contributed by atoms with Crippen molar-refractivity contribution in [2.45, 2.75) is 32.2 Å². The van der Waals surface area contributed by atoms with E-state index >= 15 is 0 Å². The van der Waals surface area contributed by atoms with Crippen LogP contribution in [0.25, 0.3) is 0 Å². The number of carbonyl (C=O) groups excluding carboxylic acids is 1. The number of fused-ring (bicyclic) bond motifs is 1. The molecule has 0 aromatic heterocycles. The molecule has 0 aliphatic carbocycles. The lowest BCUT2D eigenvalue weighted by molar-refractivity contribution is -0.132. The van der Waals surface area contributed by atoms with Gasteiger partial charge in [-0.15, -0.1) is 0 Å². The van der Waals surface area contributed by atoms with Crippen molar-refractivity contribution in [3.8, 4) is 5.75 Å². The van der Waals surface area contributed by atoms with Crippen LogP contribution in [0.15, 0.2) is 46.1 Å². The summed E-state index contributed by atoms with van der Waals surface area (Å²) in [4.78, 5) is 28.4. The minimum atomic E-state index is 0.203. The van der Waals surface area contributed by atoms with Gasteiger partial charge in [0, 0.05) is 45.2 Å². The minimum absolute atomic E-state index is 0.203. The monoisotopic (exact) mass is 395 g/mol. The molecular weight excluding hydrogens is 366 g/mol. The van der Waals surface area contributed by atoms with E-state index in [-0.39, 0.29) is 5.91 Å². The van der Waals surface area contributed by atoms with Crippen LogP contribution in [0.5, 0.6) is 5.75 Å². The van der Waals surface area contributed by atoms with Gasteiger partial charge in [0.05, 0.1) is 19.5 Å². The lowest BCUT2D eigenvalue weighted by Gasteiger charge is -2.37. The zero-order valence-corrected chi connectivity index (χ0v) is 17.3. The Balaban J connectivity index is 1.29. The van der Waals surface area contributed by atoms with E-state index in [1.165, 1.54) is 0 Å². The van der Waals surface area contributed by atoms with Gasteiger partial charge in [-0.3, -0.25) is 9.79 Å². The molecule has 29 heavy (non-hydrogen) atoms. The number of nitrogens with zero attached hydrogens (tertiary/aromatic N) is 5. The van der Waals surface area contributed by atoms with Crippen LogP contribution in [0, 0.1) is 0 Å². The van der Waals surface area contributed by atoms with Crippen molar-refractivity contribution in [2.24, 2.45) is 9.98 Å². The van der Waals surface area contributed by atoms with Crippen LogP contribution in [0.3, 0.4) is 0 Å². The lowest BCUT2D eigenvalue weighted by atomic mass is 10.1. The molecule has 1 unspecified atom stereocenters. The number of amidine groups is 1. The molecule has 1 saturated heterocycles. The zero-order chi connectivity index (χ0) is 20.2. The Bertz CT molecular complexity index is 839. The molecule has 3 heterocycles. The summed E-state index contributed by atoms with van der Waals surface area (Å²) in [5, 5.41) is 0. The van der Waals surface area contributed by atoms with Gasteiger partial charge in [-0.25, -0.2) is 4.99 Å². The van der Waals surface area contributed by atoms with E-state index in [9.17, 15) is 4.79 Å². The van der Waals surface area contributed by atoms with E-state index in [0.29, 0.717) is 18.9 Å². The lowest BCUT2D eigenvalue weighted by Crippen LogP contribution is -2.48. The van der Waals surface area contributed by atoms with Crippen LogP contribution in [0.2, 0.25) is 0 Å². The maximum absolute atomic E-state index is 12.7. The molecule has 7 nitrogen and oxygen atoms in total. The quantitative estimate of drug-likeness (QED) is 0.741. The van der Waals surface area contributed by atoms with Crippen LogP contribution in [-0.4, -0.2) is 78.7 Å². The molecule has 0 radical (unpaired) electrons. The highest BCUT2D eigenvalue weighted by Crippen LogP contribution is 2.21. The number of benzene rings is 1. The summed E-state index contributed by atoms with van der Waals surface area (Å²) in [5.41, 5.74) is 1.08. The topological polar surface area (TPSA) is 60.7 Å². The number of hydrogen-bond acceptors (Lipinski definition) is 6. The van der Waals surface area contributed by atoms with E-state index in [0.717, 1.165) is 62.1 Å². The van der Waals surface area contributed by atoms with E-state index in [2.05, 4.69) is 27.8 Å². The summed E-state index contributed by atoms with van der Waals surface area (Å²) >= 11 is 0. The second-order valence-corrected chi connectivity index (χ2v) is 7.63. The molecule has 0 N–H and O–H groups in total. The largest absolute Gasteiger partial charge is 0.496 e. The van der Waals surface area contributed by atoms with E-state index in [4.69, 9.17) is 9.73 Å². The van der Waals surface area contributed by atoms with Crippen LogP contribution >= 0.6 is 0 Å². The molecule has 3 aliphatic rings. The number of aliphatic imine (C=N–C) groups is 2. The van der Waals surface area contributed by atoms with Gasteiger partial charge in [-0.2, -0.15) is 0 Å². The number of rotatable bonds is 6. The van der Waals surface area contributed by atoms with Crippen LogP contribution in [0.1, 0.15) is 25.3 Å². The molecule has 1 atom stereocenters. The standard InChI is InChI=1S/C22H29N5O2/c1-3-18-15-27-16-23-20(14-21(27)24-18)25-10-12-26(13-11-25)22(28)9-8-17-6-4-5-7-19(17)29-2/h4-7,14,16,18H,3,8-13,15H2,1-2H3. The second-order valence-electron chi connectivity index (χ2n) is 7.63. The first-order valence-electron chi connectivity index (χ1n) is 10.4. The molecule has 0 saturated carbocycles. The van der Waals surface area contributed by atoms with Gasteiger partial charge in [0.2, 0.25) is 5.91 Å². The molecule has 0 spiro atoms. The van der Waals surface area contributed by atoms with Crippen LogP contribution in [0.4, 0.5) is 0 Å². The predicted molar refractivity (Wildman–Crippen MR) is 114 cm³/mol. The summed E-state index contributed by atoms with van der Waals surface area (Å²) in [7, 11) is 1.67. The Hall–Kier alpha value is -2.83. The average Bonchev–Trinajstić information content (AvgIpc) is 3.20.